The van der Waals surface area contributed by atoms with Crippen molar-refractivity contribution >= 4 is 31.8 Å². The molecule has 0 aromatic rings. The molecule has 0 N–H and O–H groups in total. The molecule has 10 heteroatoms. The lowest BCUT2D eigenvalue weighted by Gasteiger charge is -2.36. The van der Waals surface area contributed by atoms with Crippen molar-refractivity contribution in [3.05, 3.63) is 0 Å². The topological polar surface area (TPSA) is 121 Å². The van der Waals surface area contributed by atoms with E-state index >= 15 is 0 Å². The Kier molecular flexibility index (Phi) is 5.14. The number of hydrogen-bond acceptors (Lipinski definition) is 8. The van der Waals surface area contributed by atoms with E-state index in [9.17, 15) is 26.4 Å². The fourth-order valence-corrected chi connectivity index (χ4v) is 10.2. The van der Waals surface area contributed by atoms with Crippen molar-refractivity contribution in [1.29, 1.82) is 0 Å². The highest BCUT2D eigenvalue weighted by atomic mass is 32.2. The van der Waals surface area contributed by atoms with Gasteiger partial charge in [0.15, 0.2) is 6.79 Å². The van der Waals surface area contributed by atoms with Crippen molar-refractivity contribution in [2.24, 2.45) is 33.5 Å². The fraction of sp³-hybridized carbons (Fsp3) is 0.905. The SMILES string of the molecule is CC1(C)C2CCC1(CS(=O)(=O)OCOS(=O)(=O)CC13CCC(CC1=O)C3(C)C)C(=O)C2. The molecule has 4 bridgehead atoms. The van der Waals surface area contributed by atoms with E-state index < -0.39 is 60.2 Å². The average Bonchev–Trinajstić information content (AvgIpc) is 3.13. The third-order valence-corrected chi connectivity index (χ3v) is 12.2. The summed E-state index contributed by atoms with van der Waals surface area (Å²) < 4.78 is 60.2. The second kappa shape index (κ2) is 6.84. The third kappa shape index (κ3) is 3.27. The van der Waals surface area contributed by atoms with Crippen molar-refractivity contribution in [2.75, 3.05) is 18.3 Å². The molecule has 0 aromatic carbocycles. The number of carbonyl (C=O) groups excluding carboxylic acids is 2. The van der Waals surface area contributed by atoms with Crippen molar-refractivity contribution in [2.45, 2.75) is 66.2 Å². The zero-order valence-electron chi connectivity index (χ0n) is 18.6. The van der Waals surface area contributed by atoms with Gasteiger partial charge in [0, 0.05) is 12.8 Å². The van der Waals surface area contributed by atoms with E-state index in [0.717, 1.165) is 12.8 Å². The molecule has 0 heterocycles. The molecule has 4 fully saturated rings. The van der Waals surface area contributed by atoms with E-state index in [1.54, 1.807) is 0 Å². The van der Waals surface area contributed by atoms with Crippen LogP contribution in [0.3, 0.4) is 0 Å². The number of carbonyl (C=O) groups is 2. The molecular weight excluding hydrogens is 444 g/mol. The average molecular weight is 477 g/mol. The maximum Gasteiger partial charge on any atom is 0.270 e. The van der Waals surface area contributed by atoms with Gasteiger partial charge in [-0.25, -0.2) is 8.37 Å². The van der Waals surface area contributed by atoms with Crippen LogP contribution < -0.4 is 0 Å². The lowest BCUT2D eigenvalue weighted by atomic mass is 9.70. The first kappa shape index (κ1) is 23.3. The Bertz CT molecular complexity index is 944. The van der Waals surface area contributed by atoms with Gasteiger partial charge in [0.1, 0.15) is 11.6 Å². The predicted molar refractivity (Wildman–Crippen MR) is 112 cm³/mol. The molecule has 0 aromatic heterocycles. The quantitative estimate of drug-likeness (QED) is 0.387. The monoisotopic (exact) mass is 476 g/mol. The maximum absolute atomic E-state index is 12.6. The first-order valence-corrected chi connectivity index (χ1v) is 14.0. The van der Waals surface area contributed by atoms with Gasteiger partial charge < -0.3 is 0 Å². The number of ketones is 2. The molecule has 0 radical (unpaired) electrons. The Morgan fingerprint density at radius 2 is 1.10 bits per heavy atom. The number of Topliss-reactive ketones (excluding diaryl/α,β-unsaturated/α-hetero) is 2. The van der Waals surface area contributed by atoms with Crippen LogP contribution in [0.4, 0.5) is 0 Å². The zero-order chi connectivity index (χ0) is 23.1. The molecular formula is C21H32O8S2. The minimum atomic E-state index is -4.19. The first-order chi connectivity index (χ1) is 14.1. The highest BCUT2D eigenvalue weighted by Gasteiger charge is 2.66. The minimum Gasteiger partial charge on any atom is -0.299 e. The van der Waals surface area contributed by atoms with Crippen LogP contribution >= 0.6 is 0 Å². The van der Waals surface area contributed by atoms with Gasteiger partial charge in [-0.3, -0.25) is 9.59 Å². The smallest absolute Gasteiger partial charge is 0.270 e. The van der Waals surface area contributed by atoms with Crippen LogP contribution in [0.25, 0.3) is 0 Å². The van der Waals surface area contributed by atoms with Gasteiger partial charge in [0.2, 0.25) is 0 Å². The summed E-state index contributed by atoms with van der Waals surface area (Å²) in [5, 5.41) is 0. The second-order valence-electron chi connectivity index (χ2n) is 11.1. The van der Waals surface area contributed by atoms with Gasteiger partial charge in [-0.1, -0.05) is 27.7 Å². The molecule has 176 valence electrons. The van der Waals surface area contributed by atoms with Crippen molar-refractivity contribution in [1.82, 2.24) is 0 Å². The Morgan fingerprint density at radius 1 is 0.742 bits per heavy atom. The Labute approximate surface area is 184 Å². The summed E-state index contributed by atoms with van der Waals surface area (Å²) >= 11 is 0. The van der Waals surface area contributed by atoms with Gasteiger partial charge in [-0.05, 0) is 48.3 Å². The standard InChI is InChI=1S/C21H32O8S2/c1-18(2)14-5-7-20(18,16(22)9-14)11-30(24,25)28-13-29-31(26,27)12-21-8-6-15(10-17(21)23)19(21,3)4/h14-15H,5-13H2,1-4H3. The number of fused-ring (bicyclic) bond motifs is 4. The molecule has 0 spiro atoms. The normalized spacial score (nSPS) is 38.3. The van der Waals surface area contributed by atoms with Crippen LogP contribution in [0.2, 0.25) is 0 Å². The summed E-state index contributed by atoms with van der Waals surface area (Å²) in [5.74, 6) is -0.744. The van der Waals surface area contributed by atoms with Crippen LogP contribution in [0.5, 0.6) is 0 Å². The highest BCUT2D eigenvalue weighted by molar-refractivity contribution is 7.87. The summed E-state index contributed by atoms with van der Waals surface area (Å²) in [7, 11) is -8.37. The van der Waals surface area contributed by atoms with Crippen LogP contribution in [-0.4, -0.2) is 46.7 Å². The Balaban J connectivity index is 1.40. The Morgan fingerprint density at radius 3 is 1.35 bits per heavy atom. The maximum atomic E-state index is 12.6. The summed E-state index contributed by atoms with van der Waals surface area (Å²) in [5.41, 5.74) is -2.87. The molecule has 4 aliphatic carbocycles. The van der Waals surface area contributed by atoms with Gasteiger partial charge in [-0.2, -0.15) is 16.8 Å². The number of hydrogen-bond donors (Lipinski definition) is 0. The van der Waals surface area contributed by atoms with Crippen LogP contribution in [-0.2, 0) is 38.2 Å². The largest absolute Gasteiger partial charge is 0.299 e. The molecule has 4 atom stereocenters. The molecule has 4 rings (SSSR count). The zero-order valence-corrected chi connectivity index (χ0v) is 20.2. The van der Waals surface area contributed by atoms with E-state index in [1.165, 1.54) is 0 Å². The molecule has 4 aliphatic rings. The molecule has 4 saturated carbocycles. The Hall–Kier alpha value is -0.840. The second-order valence-corrected chi connectivity index (χ2v) is 14.4. The summed E-state index contributed by atoms with van der Waals surface area (Å²) in [6.07, 6.45) is 3.33. The first-order valence-electron chi connectivity index (χ1n) is 10.9. The van der Waals surface area contributed by atoms with Gasteiger partial charge in [-0.15, -0.1) is 0 Å². The highest BCUT2D eigenvalue weighted by Crippen LogP contribution is 2.65. The van der Waals surface area contributed by atoms with Crippen molar-refractivity contribution in [3.63, 3.8) is 0 Å². The van der Waals surface area contributed by atoms with Crippen LogP contribution in [0.15, 0.2) is 0 Å². The van der Waals surface area contributed by atoms with E-state index in [4.69, 9.17) is 8.37 Å². The third-order valence-electron chi connectivity index (χ3n) is 9.58. The van der Waals surface area contributed by atoms with E-state index in [0.29, 0.717) is 25.7 Å². The van der Waals surface area contributed by atoms with Crippen molar-refractivity contribution < 1.29 is 34.8 Å². The van der Waals surface area contributed by atoms with Crippen LogP contribution in [0, 0.1) is 33.5 Å². The van der Waals surface area contributed by atoms with E-state index in [2.05, 4.69) is 0 Å². The summed E-state index contributed by atoms with van der Waals surface area (Å²) in [6, 6.07) is 0. The minimum absolute atomic E-state index is 0.0636. The van der Waals surface area contributed by atoms with Crippen LogP contribution in [0.1, 0.15) is 66.2 Å². The summed E-state index contributed by atoms with van der Waals surface area (Å²) in [4.78, 5) is 25.1. The molecule has 31 heavy (non-hydrogen) atoms. The molecule has 4 unspecified atom stereocenters. The molecule has 0 amide bonds. The fourth-order valence-electron chi connectivity index (χ4n) is 7.07. The summed E-state index contributed by atoms with van der Waals surface area (Å²) in [6.45, 7) is 6.69. The molecule has 8 nitrogen and oxygen atoms in total. The van der Waals surface area contributed by atoms with E-state index in [-0.39, 0.29) is 23.4 Å². The van der Waals surface area contributed by atoms with Crippen molar-refractivity contribution in [3.8, 4) is 0 Å². The molecule has 0 saturated heterocycles. The predicted octanol–water partition coefficient (Wildman–Crippen LogP) is 2.43. The van der Waals surface area contributed by atoms with Gasteiger partial charge in [0.25, 0.3) is 20.2 Å². The lowest BCUT2D eigenvalue weighted by Crippen LogP contribution is -2.43. The molecule has 0 aliphatic heterocycles. The van der Waals surface area contributed by atoms with E-state index in [1.807, 2.05) is 27.7 Å². The van der Waals surface area contributed by atoms with Gasteiger partial charge >= 0.3 is 0 Å². The lowest BCUT2D eigenvalue weighted by molar-refractivity contribution is -0.128. The van der Waals surface area contributed by atoms with Gasteiger partial charge in [0.05, 0.1) is 22.3 Å². The number of rotatable bonds is 8.